The van der Waals surface area contributed by atoms with Crippen LogP contribution in [0.15, 0.2) is 147 Å². The average Bonchev–Trinajstić information content (AvgIpc) is 3.52. The van der Waals surface area contributed by atoms with Crippen LogP contribution >= 0.6 is 0 Å². The molecule has 1 aliphatic rings. The summed E-state index contributed by atoms with van der Waals surface area (Å²) in [6.07, 6.45) is 20.3. The normalized spacial score (nSPS) is 15.9. The number of hydrogen-bond acceptors (Lipinski definition) is 1. The summed E-state index contributed by atoms with van der Waals surface area (Å²) in [6.45, 7) is 30.1. The molecule has 0 atom stereocenters. The van der Waals surface area contributed by atoms with Crippen LogP contribution in [0.3, 0.4) is 0 Å². The zero-order valence-corrected chi connectivity index (χ0v) is 33.3. The van der Waals surface area contributed by atoms with E-state index in [1.54, 1.807) is 0 Å². The second-order valence-electron chi connectivity index (χ2n) is 14.1. The van der Waals surface area contributed by atoms with Gasteiger partial charge >= 0.3 is 0 Å². The van der Waals surface area contributed by atoms with Crippen molar-refractivity contribution in [3.8, 4) is 16.8 Å². The van der Waals surface area contributed by atoms with Crippen molar-refractivity contribution in [1.29, 1.82) is 0 Å². The number of rotatable bonds is 10. The van der Waals surface area contributed by atoms with Crippen LogP contribution in [0.4, 0.5) is 0 Å². The van der Waals surface area contributed by atoms with Gasteiger partial charge in [0.2, 0.25) is 0 Å². The SMILES string of the molecule is C=Cc1cc(/C2=c3\ccc(-c4cccc(-n5c(C(/C=C\C)=C/C)nc(C)c5/C=C\C)c4)c\c3=C(/c3ccc(C=C)c(/C=C\C)c3)C(=C)CCC2=C)ccc1C. The molecule has 0 saturated carbocycles. The number of hydrogen-bond donors (Lipinski definition) is 0. The van der Waals surface area contributed by atoms with Gasteiger partial charge < -0.3 is 0 Å². The summed E-state index contributed by atoms with van der Waals surface area (Å²) in [5.41, 5.74) is 17.8. The molecule has 0 saturated heterocycles. The van der Waals surface area contributed by atoms with Gasteiger partial charge in [0.05, 0.1) is 11.4 Å². The van der Waals surface area contributed by atoms with Crippen LogP contribution in [0.5, 0.6) is 0 Å². The Morgan fingerprint density at radius 2 is 1.27 bits per heavy atom. The fraction of sp³-hybridized carbons (Fsp3) is 0.151. The van der Waals surface area contributed by atoms with Crippen LogP contribution in [-0.2, 0) is 0 Å². The number of benzene rings is 4. The van der Waals surface area contributed by atoms with Crippen molar-refractivity contribution < 1.29 is 0 Å². The number of aromatic nitrogens is 2. The summed E-state index contributed by atoms with van der Waals surface area (Å²) in [6, 6.07) is 29.0. The van der Waals surface area contributed by atoms with Crippen LogP contribution in [-0.4, -0.2) is 9.55 Å². The maximum atomic E-state index is 5.07. The third-order valence-corrected chi connectivity index (χ3v) is 10.5. The molecule has 1 heterocycles. The van der Waals surface area contributed by atoms with Crippen LogP contribution in [0.1, 0.15) is 91.1 Å². The lowest BCUT2D eigenvalue weighted by Crippen LogP contribution is -2.32. The predicted octanol–water partition coefficient (Wildman–Crippen LogP) is 12.8. The first-order chi connectivity index (χ1) is 26.7. The van der Waals surface area contributed by atoms with Crippen molar-refractivity contribution in [1.82, 2.24) is 9.55 Å². The second kappa shape index (κ2) is 16.8. The first-order valence-electron chi connectivity index (χ1n) is 19.2. The molecule has 0 fully saturated rings. The molecule has 1 aliphatic carbocycles. The summed E-state index contributed by atoms with van der Waals surface area (Å²) in [4.78, 5) is 5.07. The second-order valence-corrected chi connectivity index (χ2v) is 14.1. The van der Waals surface area contributed by atoms with Crippen molar-refractivity contribution in [2.45, 2.75) is 54.4 Å². The topological polar surface area (TPSA) is 17.8 Å². The highest BCUT2D eigenvalue weighted by Gasteiger charge is 2.20. The first-order valence-corrected chi connectivity index (χ1v) is 19.2. The molecule has 5 aromatic rings. The lowest BCUT2D eigenvalue weighted by molar-refractivity contribution is 0.978. The third-order valence-electron chi connectivity index (χ3n) is 10.5. The Bertz CT molecular complexity index is 2610. The molecule has 2 heteroatoms. The Hall–Kier alpha value is -6.25. The van der Waals surface area contributed by atoms with Crippen LogP contribution < -0.4 is 10.4 Å². The van der Waals surface area contributed by atoms with Crippen molar-refractivity contribution in [3.63, 3.8) is 0 Å². The minimum Gasteiger partial charge on any atom is -0.293 e. The van der Waals surface area contributed by atoms with Crippen LogP contribution in [0.2, 0.25) is 0 Å². The van der Waals surface area contributed by atoms with E-state index in [9.17, 15) is 0 Å². The monoisotopic (exact) mass is 716 g/mol. The predicted molar refractivity (Wildman–Crippen MR) is 241 cm³/mol. The van der Waals surface area contributed by atoms with Crippen molar-refractivity contribution in [2.75, 3.05) is 0 Å². The van der Waals surface area contributed by atoms with Crippen molar-refractivity contribution >= 4 is 41.0 Å². The Labute approximate surface area is 328 Å². The van der Waals surface area contributed by atoms with Gasteiger partial charge in [-0.2, -0.15) is 0 Å². The maximum Gasteiger partial charge on any atom is 0.144 e. The highest BCUT2D eigenvalue weighted by atomic mass is 15.1. The van der Waals surface area contributed by atoms with E-state index in [0.29, 0.717) is 0 Å². The van der Waals surface area contributed by atoms with E-state index in [2.05, 4.69) is 180 Å². The number of aryl methyl sites for hydroxylation is 2. The first kappa shape index (κ1) is 38.5. The van der Waals surface area contributed by atoms with Crippen LogP contribution in [0.25, 0.3) is 57.8 Å². The fourth-order valence-electron chi connectivity index (χ4n) is 7.71. The van der Waals surface area contributed by atoms with Gasteiger partial charge in [-0.25, -0.2) is 4.98 Å². The molecule has 274 valence electrons. The van der Waals surface area contributed by atoms with E-state index in [1.807, 2.05) is 19.1 Å². The summed E-state index contributed by atoms with van der Waals surface area (Å²) < 4.78 is 2.27. The molecule has 6 rings (SSSR count). The van der Waals surface area contributed by atoms with Gasteiger partial charge in [-0.3, -0.25) is 4.57 Å². The molecule has 1 aromatic heterocycles. The fourth-order valence-corrected chi connectivity index (χ4v) is 7.71. The van der Waals surface area contributed by atoms with E-state index in [-0.39, 0.29) is 0 Å². The number of nitrogens with zero attached hydrogens (tertiary/aromatic N) is 2. The molecule has 2 nitrogen and oxygen atoms in total. The quantitative estimate of drug-likeness (QED) is 0.132. The molecule has 4 aromatic carbocycles. The van der Waals surface area contributed by atoms with E-state index in [1.165, 1.54) is 5.56 Å². The van der Waals surface area contributed by atoms with E-state index >= 15 is 0 Å². The number of imidazole rings is 1. The molecule has 0 N–H and O–H groups in total. The van der Waals surface area contributed by atoms with Gasteiger partial charge in [-0.15, -0.1) is 0 Å². The maximum absolute atomic E-state index is 5.07. The number of fused-ring (bicyclic) bond motifs is 1. The van der Waals surface area contributed by atoms with Crippen molar-refractivity contribution in [3.05, 3.63) is 208 Å². The van der Waals surface area contributed by atoms with Crippen LogP contribution in [0, 0.1) is 13.8 Å². The molecule has 0 amide bonds. The Morgan fingerprint density at radius 1 is 0.636 bits per heavy atom. The van der Waals surface area contributed by atoms with E-state index < -0.39 is 0 Å². The standard InChI is InChI=1S/C53H52N2/c1-11-18-40(15-5)53-54-38(10)50(20-13-3)55(53)47-22-17-21-43(33-47)44-29-30-48-49(34-44)52(46-28-27-39(14-4)42(32-46)19-12-2)37(9)24-23-36(8)51(48)45-26-25-35(7)41(16-6)31-45/h11-22,25-34H,4,6,8-9,23-24H2,1-3,5,7,10H3/b18-11-,19-12-,20-13-,40-15+,51-48+,52-49+. The summed E-state index contributed by atoms with van der Waals surface area (Å²) >= 11 is 0. The molecular formula is C53H52N2. The minimum atomic E-state index is 0.801. The highest BCUT2D eigenvalue weighted by Crippen LogP contribution is 2.33. The minimum absolute atomic E-state index is 0.801. The highest BCUT2D eigenvalue weighted by molar-refractivity contribution is 5.87. The van der Waals surface area contributed by atoms with Gasteiger partial charge in [-0.05, 0) is 168 Å². The molecule has 0 bridgehead atoms. The lowest BCUT2D eigenvalue weighted by Gasteiger charge is -2.21. The molecule has 55 heavy (non-hydrogen) atoms. The van der Waals surface area contributed by atoms with E-state index in [0.717, 1.165) is 113 Å². The largest absolute Gasteiger partial charge is 0.293 e. The zero-order chi connectivity index (χ0) is 39.2. The molecule has 0 radical (unpaired) electrons. The van der Waals surface area contributed by atoms with Crippen molar-refractivity contribution in [2.24, 2.45) is 0 Å². The van der Waals surface area contributed by atoms with Gasteiger partial charge in [0.25, 0.3) is 0 Å². The number of allylic oxidation sites excluding steroid dienone is 8. The molecule has 0 unspecified atom stereocenters. The lowest BCUT2D eigenvalue weighted by atomic mass is 9.83. The summed E-state index contributed by atoms with van der Waals surface area (Å²) in [5, 5.41) is 2.28. The molecule has 0 aliphatic heterocycles. The smallest absolute Gasteiger partial charge is 0.144 e. The van der Waals surface area contributed by atoms with Gasteiger partial charge in [0.1, 0.15) is 5.82 Å². The summed E-state index contributed by atoms with van der Waals surface area (Å²) in [7, 11) is 0. The third kappa shape index (κ3) is 7.59. The van der Waals surface area contributed by atoms with Gasteiger partial charge in [-0.1, -0.05) is 123 Å². The summed E-state index contributed by atoms with van der Waals surface area (Å²) in [5.74, 6) is 0.920. The Kier molecular flexibility index (Phi) is 11.8. The Balaban J connectivity index is 1.72. The Morgan fingerprint density at radius 3 is 1.93 bits per heavy atom. The average molecular weight is 717 g/mol. The van der Waals surface area contributed by atoms with E-state index in [4.69, 9.17) is 11.6 Å². The zero-order valence-electron chi connectivity index (χ0n) is 33.3. The van der Waals surface area contributed by atoms with Gasteiger partial charge in [0.15, 0.2) is 0 Å². The van der Waals surface area contributed by atoms with Gasteiger partial charge in [0, 0.05) is 11.3 Å². The molecule has 0 spiro atoms. The molecular weight excluding hydrogens is 665 g/mol.